The monoisotopic (exact) mass is 240 g/mol. The molecule has 2 heteroatoms. The molecule has 18 heavy (non-hydrogen) atoms. The van der Waals surface area contributed by atoms with Crippen molar-refractivity contribution in [3.63, 3.8) is 0 Å². The summed E-state index contributed by atoms with van der Waals surface area (Å²) < 4.78 is 0. The highest BCUT2D eigenvalue weighted by Crippen LogP contribution is 2.50. The number of H-pyrrole nitrogens is 1. The molecule has 2 atom stereocenters. The second-order valence-corrected chi connectivity index (χ2v) is 6.21. The molecular formula is C16H20N2. The fraction of sp³-hybridized carbons (Fsp3) is 0.500. The van der Waals surface area contributed by atoms with Crippen molar-refractivity contribution in [3.8, 4) is 0 Å². The van der Waals surface area contributed by atoms with Crippen LogP contribution in [-0.2, 0) is 6.42 Å². The second-order valence-electron chi connectivity index (χ2n) is 6.21. The second kappa shape index (κ2) is 3.61. The van der Waals surface area contributed by atoms with E-state index in [4.69, 9.17) is 0 Å². The number of nitrogens with one attached hydrogen (secondary N) is 2. The van der Waals surface area contributed by atoms with Gasteiger partial charge < -0.3 is 10.3 Å². The molecule has 0 saturated carbocycles. The summed E-state index contributed by atoms with van der Waals surface area (Å²) in [5.41, 5.74) is 4.78. The molecule has 0 spiro atoms. The van der Waals surface area contributed by atoms with Gasteiger partial charge >= 0.3 is 0 Å². The maximum atomic E-state index is 3.78. The van der Waals surface area contributed by atoms with Gasteiger partial charge in [0.1, 0.15) is 0 Å². The molecule has 1 saturated heterocycles. The van der Waals surface area contributed by atoms with Crippen LogP contribution in [0.5, 0.6) is 0 Å². The Morgan fingerprint density at radius 1 is 1.22 bits per heavy atom. The van der Waals surface area contributed by atoms with Crippen molar-refractivity contribution in [3.05, 3.63) is 35.5 Å². The minimum absolute atomic E-state index is 0.455. The Balaban J connectivity index is 1.95. The van der Waals surface area contributed by atoms with Crippen molar-refractivity contribution in [1.29, 1.82) is 0 Å². The molecule has 94 valence electrons. The molecule has 2 N–H and O–H groups in total. The number of hydrogen-bond acceptors (Lipinski definition) is 1. The van der Waals surface area contributed by atoms with Crippen molar-refractivity contribution in [2.24, 2.45) is 5.41 Å². The fourth-order valence-corrected chi connectivity index (χ4v) is 4.01. The lowest BCUT2D eigenvalue weighted by molar-refractivity contribution is 0.133. The number of aromatic nitrogens is 1. The Bertz CT molecular complexity index is 598. The van der Waals surface area contributed by atoms with Gasteiger partial charge in [-0.3, -0.25) is 0 Å². The third-order valence-corrected chi connectivity index (χ3v) is 5.03. The van der Waals surface area contributed by atoms with Crippen LogP contribution < -0.4 is 5.32 Å². The third kappa shape index (κ3) is 1.33. The maximum Gasteiger partial charge on any atom is 0.0459 e. The van der Waals surface area contributed by atoms with E-state index in [9.17, 15) is 0 Å². The van der Waals surface area contributed by atoms with Crippen molar-refractivity contribution in [2.75, 3.05) is 6.54 Å². The molecule has 1 aliphatic heterocycles. The highest BCUT2D eigenvalue weighted by Gasteiger charge is 2.42. The normalized spacial score (nSPS) is 31.1. The Labute approximate surface area is 108 Å². The summed E-state index contributed by atoms with van der Waals surface area (Å²) in [6.45, 7) is 3.63. The van der Waals surface area contributed by atoms with E-state index in [0.29, 0.717) is 11.5 Å². The molecule has 1 fully saturated rings. The van der Waals surface area contributed by atoms with Crippen LogP contribution in [0.3, 0.4) is 0 Å². The predicted octanol–water partition coefficient (Wildman–Crippen LogP) is 3.54. The van der Waals surface area contributed by atoms with Gasteiger partial charge in [0.05, 0.1) is 0 Å². The first kappa shape index (κ1) is 10.6. The van der Waals surface area contributed by atoms with Gasteiger partial charge in [-0.05, 0) is 49.3 Å². The zero-order chi connectivity index (χ0) is 12.2. The molecule has 0 unspecified atom stereocenters. The average Bonchev–Trinajstić information content (AvgIpc) is 2.77. The van der Waals surface area contributed by atoms with Crippen molar-refractivity contribution in [1.82, 2.24) is 10.3 Å². The highest BCUT2D eigenvalue weighted by atomic mass is 15.0. The number of piperidine rings is 1. The summed E-state index contributed by atoms with van der Waals surface area (Å²) in [5, 5.41) is 5.20. The van der Waals surface area contributed by atoms with E-state index in [1.165, 1.54) is 48.8 Å². The summed E-state index contributed by atoms with van der Waals surface area (Å²) in [7, 11) is 0. The molecule has 0 radical (unpaired) electrons. The molecule has 1 aromatic carbocycles. The van der Waals surface area contributed by atoms with Gasteiger partial charge in [-0.1, -0.05) is 25.1 Å². The number of aryl methyl sites for hydroxylation is 1. The zero-order valence-corrected chi connectivity index (χ0v) is 10.9. The van der Waals surface area contributed by atoms with Crippen LogP contribution >= 0.6 is 0 Å². The van der Waals surface area contributed by atoms with Crippen LogP contribution in [0.2, 0.25) is 0 Å². The smallest absolute Gasteiger partial charge is 0.0459 e. The van der Waals surface area contributed by atoms with E-state index < -0.39 is 0 Å². The molecule has 2 aliphatic rings. The average molecular weight is 240 g/mol. The van der Waals surface area contributed by atoms with Gasteiger partial charge in [0.25, 0.3) is 0 Å². The van der Waals surface area contributed by atoms with Crippen LogP contribution in [-0.4, -0.2) is 11.5 Å². The quantitative estimate of drug-likeness (QED) is 0.724. The lowest BCUT2D eigenvalue weighted by atomic mass is 9.66. The standard InChI is InChI=1S/C16H20N2/c1-16-8-4-10-17-15(16)14-11-5-2-3-6-12(11)18-13(14)7-9-16/h2-3,5-6,15,17-18H,4,7-10H2,1H3/t15-,16-/m0/s1. The lowest BCUT2D eigenvalue weighted by Crippen LogP contribution is -2.44. The Kier molecular flexibility index (Phi) is 2.13. The van der Waals surface area contributed by atoms with Crippen molar-refractivity contribution in [2.45, 2.75) is 38.6 Å². The van der Waals surface area contributed by atoms with Crippen LogP contribution in [0.15, 0.2) is 24.3 Å². The van der Waals surface area contributed by atoms with Gasteiger partial charge in [-0.2, -0.15) is 0 Å². The zero-order valence-electron chi connectivity index (χ0n) is 10.9. The minimum Gasteiger partial charge on any atom is -0.358 e. The van der Waals surface area contributed by atoms with Gasteiger partial charge in [0, 0.05) is 22.6 Å². The number of para-hydroxylation sites is 1. The van der Waals surface area contributed by atoms with Gasteiger partial charge in [-0.25, -0.2) is 0 Å². The SMILES string of the molecule is C[C@@]12CCCN[C@H]1c1c([nH]c3ccccc13)CC2. The Hall–Kier alpha value is -1.28. The predicted molar refractivity (Wildman–Crippen MR) is 74.7 cm³/mol. The maximum absolute atomic E-state index is 3.78. The van der Waals surface area contributed by atoms with Gasteiger partial charge in [0.15, 0.2) is 0 Å². The first-order valence-electron chi connectivity index (χ1n) is 7.11. The molecule has 2 nitrogen and oxygen atoms in total. The van der Waals surface area contributed by atoms with Crippen LogP contribution in [0.4, 0.5) is 0 Å². The first-order valence-corrected chi connectivity index (χ1v) is 7.11. The van der Waals surface area contributed by atoms with E-state index in [1.54, 1.807) is 5.56 Å². The van der Waals surface area contributed by atoms with Crippen molar-refractivity contribution < 1.29 is 0 Å². The minimum atomic E-state index is 0.455. The Morgan fingerprint density at radius 2 is 2.11 bits per heavy atom. The van der Waals surface area contributed by atoms with E-state index in [1.807, 2.05) is 0 Å². The van der Waals surface area contributed by atoms with E-state index in [2.05, 4.69) is 41.5 Å². The number of hydrogen-bond donors (Lipinski definition) is 2. The topological polar surface area (TPSA) is 27.8 Å². The summed E-state index contributed by atoms with van der Waals surface area (Å²) in [5.74, 6) is 0. The van der Waals surface area contributed by atoms with Crippen LogP contribution in [0, 0.1) is 5.41 Å². The highest BCUT2D eigenvalue weighted by molar-refractivity contribution is 5.85. The molecule has 0 bridgehead atoms. The van der Waals surface area contributed by atoms with Crippen LogP contribution in [0.1, 0.15) is 43.5 Å². The largest absolute Gasteiger partial charge is 0.358 e. The van der Waals surface area contributed by atoms with Gasteiger partial charge in [-0.15, -0.1) is 0 Å². The summed E-state index contributed by atoms with van der Waals surface area (Å²) in [6, 6.07) is 9.30. The summed E-state index contributed by atoms with van der Waals surface area (Å²) >= 11 is 0. The Morgan fingerprint density at radius 3 is 3.06 bits per heavy atom. The molecule has 4 rings (SSSR count). The summed E-state index contributed by atoms with van der Waals surface area (Å²) in [4.78, 5) is 3.63. The fourth-order valence-electron chi connectivity index (χ4n) is 4.01. The van der Waals surface area contributed by atoms with Crippen molar-refractivity contribution >= 4 is 10.9 Å². The molecule has 1 aliphatic carbocycles. The van der Waals surface area contributed by atoms with Gasteiger partial charge in [0.2, 0.25) is 0 Å². The lowest BCUT2D eigenvalue weighted by Gasteiger charge is -2.45. The van der Waals surface area contributed by atoms with E-state index in [-0.39, 0.29) is 0 Å². The molecule has 2 aromatic rings. The first-order chi connectivity index (χ1) is 8.78. The molecule has 2 heterocycles. The number of aromatic amines is 1. The molecule has 0 amide bonds. The number of fused-ring (bicyclic) bond motifs is 5. The molecule has 1 aromatic heterocycles. The van der Waals surface area contributed by atoms with E-state index >= 15 is 0 Å². The third-order valence-electron chi connectivity index (χ3n) is 5.03. The van der Waals surface area contributed by atoms with Crippen LogP contribution in [0.25, 0.3) is 10.9 Å². The number of rotatable bonds is 0. The summed E-state index contributed by atoms with van der Waals surface area (Å²) in [6.07, 6.45) is 5.21. The molecular weight excluding hydrogens is 220 g/mol. The van der Waals surface area contributed by atoms with E-state index in [0.717, 1.165) is 0 Å². The number of benzene rings is 1.